The lowest BCUT2D eigenvalue weighted by Crippen LogP contribution is -2.48. The zero-order chi connectivity index (χ0) is 25.7. The SMILES string of the molecule is CCCN(CC(=O)N1CCc2sccc2[C@@H]1COc1ccc(Cl)c(C)c1)C(=O)Nc1cccc(Cl)c1. The summed E-state index contributed by atoms with van der Waals surface area (Å²) < 4.78 is 6.12. The summed E-state index contributed by atoms with van der Waals surface area (Å²) in [5.41, 5.74) is 2.63. The minimum absolute atomic E-state index is 0.0176. The number of hydrogen-bond acceptors (Lipinski definition) is 4. The number of halogens is 2. The number of hydrogen-bond donors (Lipinski definition) is 1. The number of thiophene rings is 1. The van der Waals surface area contributed by atoms with Crippen LogP contribution in [0.3, 0.4) is 0 Å². The van der Waals surface area contributed by atoms with Crippen molar-refractivity contribution in [2.45, 2.75) is 32.7 Å². The van der Waals surface area contributed by atoms with Gasteiger partial charge in [0.25, 0.3) is 0 Å². The molecule has 190 valence electrons. The Morgan fingerprint density at radius 3 is 2.78 bits per heavy atom. The van der Waals surface area contributed by atoms with Crippen molar-refractivity contribution in [2.24, 2.45) is 0 Å². The van der Waals surface area contributed by atoms with E-state index in [1.54, 1.807) is 40.5 Å². The van der Waals surface area contributed by atoms with Gasteiger partial charge in [-0.2, -0.15) is 0 Å². The van der Waals surface area contributed by atoms with Crippen molar-refractivity contribution in [3.63, 3.8) is 0 Å². The molecule has 0 radical (unpaired) electrons. The Kier molecular flexibility index (Phi) is 8.77. The summed E-state index contributed by atoms with van der Waals surface area (Å²) in [7, 11) is 0. The lowest BCUT2D eigenvalue weighted by molar-refractivity contribution is -0.135. The first kappa shape index (κ1) is 26.3. The molecule has 0 unspecified atom stereocenters. The van der Waals surface area contributed by atoms with Gasteiger partial charge < -0.3 is 19.9 Å². The molecule has 1 atom stereocenters. The van der Waals surface area contributed by atoms with E-state index in [0.717, 1.165) is 24.0 Å². The highest BCUT2D eigenvalue weighted by Crippen LogP contribution is 2.34. The Morgan fingerprint density at radius 2 is 2.03 bits per heavy atom. The van der Waals surface area contributed by atoms with Gasteiger partial charge in [-0.05, 0) is 78.7 Å². The Bertz CT molecular complexity index is 1230. The Balaban J connectivity index is 1.48. The third-order valence-corrected chi connectivity index (χ3v) is 7.79. The maximum Gasteiger partial charge on any atom is 0.322 e. The normalized spacial score (nSPS) is 14.8. The van der Waals surface area contributed by atoms with Crippen LogP contribution in [0.1, 0.15) is 35.4 Å². The summed E-state index contributed by atoms with van der Waals surface area (Å²) in [5, 5.41) is 6.12. The van der Waals surface area contributed by atoms with Crippen LogP contribution in [0.25, 0.3) is 0 Å². The van der Waals surface area contributed by atoms with Crippen molar-refractivity contribution in [1.29, 1.82) is 0 Å². The van der Waals surface area contributed by atoms with Gasteiger partial charge in [0.15, 0.2) is 0 Å². The molecular formula is C27H29Cl2N3O3S. The second-order valence-electron chi connectivity index (χ2n) is 8.74. The first-order valence-electron chi connectivity index (χ1n) is 11.9. The summed E-state index contributed by atoms with van der Waals surface area (Å²) >= 11 is 13.9. The summed E-state index contributed by atoms with van der Waals surface area (Å²) in [6, 6.07) is 14.0. The van der Waals surface area contributed by atoms with Crippen LogP contribution < -0.4 is 10.1 Å². The molecule has 0 saturated heterocycles. The van der Waals surface area contributed by atoms with Crippen LogP contribution in [-0.4, -0.2) is 48.0 Å². The molecule has 9 heteroatoms. The Labute approximate surface area is 225 Å². The number of carbonyl (C=O) groups excluding carboxylic acids is 2. The molecule has 0 aliphatic carbocycles. The monoisotopic (exact) mass is 545 g/mol. The highest BCUT2D eigenvalue weighted by molar-refractivity contribution is 7.10. The van der Waals surface area contributed by atoms with E-state index in [1.807, 2.05) is 36.9 Å². The van der Waals surface area contributed by atoms with Crippen LogP contribution in [0.5, 0.6) is 5.75 Å². The summed E-state index contributed by atoms with van der Waals surface area (Å²) in [5.74, 6) is 0.600. The zero-order valence-corrected chi connectivity index (χ0v) is 22.6. The largest absolute Gasteiger partial charge is 0.491 e. The topological polar surface area (TPSA) is 61.9 Å². The summed E-state index contributed by atoms with van der Waals surface area (Å²) in [4.78, 5) is 31.2. The highest BCUT2D eigenvalue weighted by Gasteiger charge is 2.33. The number of urea groups is 1. The van der Waals surface area contributed by atoms with Crippen LogP contribution in [0.4, 0.5) is 10.5 Å². The molecule has 3 aromatic rings. The highest BCUT2D eigenvalue weighted by atomic mass is 35.5. The molecule has 2 aromatic carbocycles. The molecule has 6 nitrogen and oxygen atoms in total. The quantitative estimate of drug-likeness (QED) is 0.338. The molecule has 3 amide bonds. The molecule has 0 fully saturated rings. The number of aryl methyl sites for hydroxylation is 1. The molecule has 2 heterocycles. The van der Waals surface area contributed by atoms with Crippen molar-refractivity contribution in [2.75, 3.05) is 31.6 Å². The molecule has 0 saturated carbocycles. The van der Waals surface area contributed by atoms with Gasteiger partial charge in [0.1, 0.15) is 18.9 Å². The van der Waals surface area contributed by atoms with E-state index in [4.69, 9.17) is 27.9 Å². The molecule has 1 N–H and O–H groups in total. The summed E-state index contributed by atoms with van der Waals surface area (Å²) in [6.45, 7) is 5.25. The molecule has 1 aliphatic heterocycles. The van der Waals surface area contributed by atoms with E-state index in [-0.39, 0.29) is 24.5 Å². The lowest BCUT2D eigenvalue weighted by Gasteiger charge is -2.37. The maximum atomic E-state index is 13.6. The summed E-state index contributed by atoms with van der Waals surface area (Å²) in [6.07, 6.45) is 1.52. The van der Waals surface area contributed by atoms with Gasteiger partial charge in [0.05, 0.1) is 6.04 Å². The van der Waals surface area contributed by atoms with Gasteiger partial charge in [-0.1, -0.05) is 36.2 Å². The first-order valence-corrected chi connectivity index (χ1v) is 13.6. The van der Waals surface area contributed by atoms with Gasteiger partial charge in [-0.3, -0.25) is 4.79 Å². The van der Waals surface area contributed by atoms with Crippen molar-refractivity contribution < 1.29 is 14.3 Å². The number of amides is 3. The molecule has 36 heavy (non-hydrogen) atoms. The molecule has 1 aromatic heterocycles. The van der Waals surface area contributed by atoms with Gasteiger partial charge in [-0.15, -0.1) is 11.3 Å². The van der Waals surface area contributed by atoms with Crippen LogP contribution in [0, 0.1) is 6.92 Å². The molecule has 4 rings (SSSR count). The smallest absolute Gasteiger partial charge is 0.322 e. The third-order valence-electron chi connectivity index (χ3n) is 6.14. The van der Waals surface area contributed by atoms with E-state index < -0.39 is 0 Å². The van der Waals surface area contributed by atoms with Crippen molar-refractivity contribution in [3.8, 4) is 5.75 Å². The minimum atomic E-state index is -0.329. The Morgan fingerprint density at radius 1 is 1.19 bits per heavy atom. The van der Waals surface area contributed by atoms with Crippen LogP contribution in [0.15, 0.2) is 53.9 Å². The average molecular weight is 547 g/mol. The predicted molar refractivity (Wildman–Crippen MR) is 146 cm³/mol. The number of nitrogens with zero attached hydrogens (tertiary/aromatic N) is 2. The number of fused-ring (bicyclic) bond motifs is 1. The molecule has 0 bridgehead atoms. The van der Waals surface area contributed by atoms with E-state index in [9.17, 15) is 9.59 Å². The van der Waals surface area contributed by atoms with Crippen molar-refractivity contribution in [1.82, 2.24) is 9.80 Å². The second-order valence-corrected chi connectivity index (χ2v) is 10.6. The van der Waals surface area contributed by atoms with Gasteiger partial charge >= 0.3 is 6.03 Å². The molecule has 0 spiro atoms. The van der Waals surface area contributed by atoms with Crippen LogP contribution >= 0.6 is 34.5 Å². The van der Waals surface area contributed by atoms with Gasteiger partial charge in [-0.25, -0.2) is 4.79 Å². The average Bonchev–Trinajstić information content (AvgIpc) is 3.33. The van der Waals surface area contributed by atoms with E-state index in [0.29, 0.717) is 41.2 Å². The van der Waals surface area contributed by atoms with E-state index in [1.165, 1.54) is 4.88 Å². The number of rotatable bonds is 8. The van der Waals surface area contributed by atoms with E-state index >= 15 is 0 Å². The maximum absolute atomic E-state index is 13.6. The number of nitrogens with one attached hydrogen (secondary N) is 1. The fourth-order valence-corrected chi connectivity index (χ4v) is 5.54. The predicted octanol–water partition coefficient (Wildman–Crippen LogP) is 6.81. The third kappa shape index (κ3) is 6.33. The molecular weight excluding hydrogens is 517 g/mol. The van der Waals surface area contributed by atoms with Crippen LogP contribution in [0.2, 0.25) is 10.0 Å². The van der Waals surface area contributed by atoms with Crippen molar-refractivity contribution in [3.05, 3.63) is 80.0 Å². The number of ether oxygens (including phenoxy) is 1. The first-order chi connectivity index (χ1) is 17.4. The van der Waals surface area contributed by atoms with Gasteiger partial charge in [0, 0.05) is 33.7 Å². The fraction of sp³-hybridized carbons (Fsp3) is 0.333. The zero-order valence-electron chi connectivity index (χ0n) is 20.3. The van der Waals surface area contributed by atoms with Crippen molar-refractivity contribution >= 4 is 52.2 Å². The number of benzene rings is 2. The number of anilines is 1. The lowest BCUT2D eigenvalue weighted by atomic mass is 10.0. The fourth-order valence-electron chi connectivity index (χ4n) is 4.30. The van der Waals surface area contributed by atoms with Crippen LogP contribution in [-0.2, 0) is 11.2 Å². The van der Waals surface area contributed by atoms with Gasteiger partial charge in [0.2, 0.25) is 5.91 Å². The second kappa shape index (κ2) is 12.0. The minimum Gasteiger partial charge on any atom is -0.491 e. The Hall–Kier alpha value is -2.74. The standard InChI is InChI=1S/C27H29Cl2N3O3S/c1-3-11-31(27(34)30-20-6-4-5-19(28)15-20)16-26(33)32-12-9-25-22(10-13-36-25)24(32)17-35-21-7-8-23(29)18(2)14-21/h4-8,10,13-15,24H,3,9,11-12,16-17H2,1-2H3,(H,30,34)/t24-/m0/s1. The van der Waals surface area contributed by atoms with E-state index in [2.05, 4.69) is 16.8 Å². The molecule has 1 aliphatic rings. The number of carbonyl (C=O) groups is 2.